The van der Waals surface area contributed by atoms with E-state index in [1.54, 1.807) is 36.3 Å². The zero-order valence-electron chi connectivity index (χ0n) is 18.1. The van der Waals surface area contributed by atoms with E-state index in [1.165, 1.54) is 11.5 Å². The Morgan fingerprint density at radius 3 is 2.19 bits per heavy atom. The molecule has 1 aliphatic heterocycles. The van der Waals surface area contributed by atoms with Crippen LogP contribution >= 0.6 is 0 Å². The van der Waals surface area contributed by atoms with Gasteiger partial charge in [-0.05, 0) is 43.3 Å². The Hall–Kier alpha value is -3.27. The summed E-state index contributed by atoms with van der Waals surface area (Å²) in [6.07, 6.45) is 0. The van der Waals surface area contributed by atoms with E-state index in [2.05, 4.69) is 4.90 Å². The van der Waals surface area contributed by atoms with Crippen molar-refractivity contribution in [2.24, 2.45) is 0 Å². The summed E-state index contributed by atoms with van der Waals surface area (Å²) in [5.74, 6) is 0.373. The predicted octanol–water partition coefficient (Wildman–Crippen LogP) is 1.36. The van der Waals surface area contributed by atoms with Gasteiger partial charge in [-0.1, -0.05) is 12.1 Å². The van der Waals surface area contributed by atoms with Crippen LogP contribution < -0.4 is 15.3 Å². The first-order chi connectivity index (χ1) is 15.4. The Labute approximate surface area is 186 Å². The summed E-state index contributed by atoms with van der Waals surface area (Å²) in [6, 6.07) is 14.4. The molecule has 1 saturated heterocycles. The van der Waals surface area contributed by atoms with Gasteiger partial charge < -0.3 is 14.5 Å². The zero-order valence-corrected chi connectivity index (χ0v) is 18.9. The van der Waals surface area contributed by atoms with Gasteiger partial charge in [0.25, 0.3) is 0 Å². The van der Waals surface area contributed by atoms with E-state index in [-0.39, 0.29) is 23.7 Å². The highest BCUT2D eigenvalue weighted by Crippen LogP contribution is 2.21. The second-order valence-corrected chi connectivity index (χ2v) is 9.69. The van der Waals surface area contributed by atoms with Crippen molar-refractivity contribution in [3.63, 3.8) is 0 Å². The quantitative estimate of drug-likeness (QED) is 0.554. The average Bonchev–Trinajstić information content (AvgIpc) is 3.11. The molecule has 0 radical (unpaired) electrons. The lowest BCUT2D eigenvalue weighted by molar-refractivity contribution is -0.132. The van der Waals surface area contributed by atoms with Crippen molar-refractivity contribution in [2.45, 2.75) is 13.5 Å². The molecule has 1 aromatic heterocycles. The Bertz CT molecular complexity index is 1290. The number of anilines is 1. The molecule has 4 rings (SSSR count). The third-order valence-corrected chi connectivity index (χ3v) is 7.44. The SMILES string of the molecule is CCS(=O)(=O)n1c(=O)n(CC(=O)N2CCN(c3ccc(OC)cc3)CC2)c2ccccc21. The summed E-state index contributed by atoms with van der Waals surface area (Å²) in [5, 5.41) is 0. The number of carbonyl (C=O) groups excluding carboxylic acids is 1. The van der Waals surface area contributed by atoms with Crippen LogP contribution in [-0.2, 0) is 21.4 Å². The molecule has 0 spiro atoms. The van der Waals surface area contributed by atoms with Gasteiger partial charge in [-0.3, -0.25) is 9.36 Å². The first-order valence-electron chi connectivity index (χ1n) is 10.5. The molecule has 2 heterocycles. The van der Waals surface area contributed by atoms with Crippen LogP contribution in [0.3, 0.4) is 0 Å². The molecule has 0 bridgehead atoms. The molecule has 1 aliphatic rings. The maximum Gasteiger partial charge on any atom is 0.343 e. The normalized spacial score (nSPS) is 14.7. The third kappa shape index (κ3) is 3.97. The molecule has 2 aromatic carbocycles. The van der Waals surface area contributed by atoms with Crippen LogP contribution in [0.1, 0.15) is 6.92 Å². The number of ether oxygens (including phenoxy) is 1. The van der Waals surface area contributed by atoms with Crippen LogP contribution in [0.4, 0.5) is 5.69 Å². The molecule has 1 amide bonds. The van der Waals surface area contributed by atoms with Gasteiger partial charge in [0.15, 0.2) is 0 Å². The van der Waals surface area contributed by atoms with E-state index >= 15 is 0 Å². The molecular weight excluding hydrogens is 432 g/mol. The van der Waals surface area contributed by atoms with Gasteiger partial charge in [-0.2, -0.15) is 3.97 Å². The number of imidazole rings is 1. The molecule has 10 heteroatoms. The Kier molecular flexibility index (Phi) is 5.96. The van der Waals surface area contributed by atoms with Crippen molar-refractivity contribution in [3.8, 4) is 5.75 Å². The Morgan fingerprint density at radius 1 is 0.969 bits per heavy atom. The lowest BCUT2D eigenvalue weighted by Gasteiger charge is -2.36. The number of para-hydroxylation sites is 2. The lowest BCUT2D eigenvalue weighted by Crippen LogP contribution is -2.50. The molecular formula is C22H26N4O5S. The van der Waals surface area contributed by atoms with Crippen molar-refractivity contribution in [1.29, 1.82) is 0 Å². The summed E-state index contributed by atoms with van der Waals surface area (Å²) in [4.78, 5) is 29.9. The van der Waals surface area contributed by atoms with Crippen LogP contribution in [0.2, 0.25) is 0 Å². The number of hydrogen-bond donors (Lipinski definition) is 0. The smallest absolute Gasteiger partial charge is 0.343 e. The van der Waals surface area contributed by atoms with Gasteiger partial charge in [-0.15, -0.1) is 0 Å². The number of hydrogen-bond acceptors (Lipinski definition) is 6. The predicted molar refractivity (Wildman–Crippen MR) is 123 cm³/mol. The van der Waals surface area contributed by atoms with E-state index in [9.17, 15) is 18.0 Å². The summed E-state index contributed by atoms with van der Waals surface area (Å²) < 4.78 is 32.2. The van der Waals surface area contributed by atoms with Crippen LogP contribution in [0.25, 0.3) is 11.0 Å². The molecule has 0 atom stereocenters. The average molecular weight is 459 g/mol. The number of piperazine rings is 1. The number of rotatable bonds is 6. The molecule has 0 N–H and O–H groups in total. The fourth-order valence-corrected chi connectivity index (χ4v) is 5.02. The second kappa shape index (κ2) is 8.70. The van der Waals surface area contributed by atoms with Gasteiger partial charge >= 0.3 is 5.69 Å². The lowest BCUT2D eigenvalue weighted by atomic mass is 10.2. The first kappa shape index (κ1) is 21.9. The van der Waals surface area contributed by atoms with Gasteiger partial charge in [0.2, 0.25) is 15.9 Å². The number of methoxy groups -OCH3 is 1. The van der Waals surface area contributed by atoms with Crippen LogP contribution in [0.15, 0.2) is 53.3 Å². The van der Waals surface area contributed by atoms with Crippen molar-refractivity contribution < 1.29 is 17.9 Å². The molecule has 32 heavy (non-hydrogen) atoms. The molecule has 0 unspecified atom stereocenters. The van der Waals surface area contributed by atoms with Crippen molar-refractivity contribution in [3.05, 3.63) is 59.0 Å². The summed E-state index contributed by atoms with van der Waals surface area (Å²) in [7, 11) is -2.17. The minimum absolute atomic E-state index is 0.200. The first-order valence-corrected chi connectivity index (χ1v) is 12.1. The maximum atomic E-state index is 13.0. The van der Waals surface area contributed by atoms with Gasteiger partial charge in [0, 0.05) is 31.9 Å². The number of fused-ring (bicyclic) bond motifs is 1. The maximum absolute atomic E-state index is 13.0. The second-order valence-electron chi connectivity index (χ2n) is 7.59. The highest BCUT2D eigenvalue weighted by Gasteiger charge is 2.26. The van der Waals surface area contributed by atoms with Crippen LogP contribution in [0.5, 0.6) is 5.75 Å². The molecule has 170 valence electrons. The van der Waals surface area contributed by atoms with Crippen molar-refractivity contribution >= 4 is 32.7 Å². The number of benzene rings is 2. The van der Waals surface area contributed by atoms with Crippen LogP contribution in [0, 0.1) is 0 Å². The van der Waals surface area contributed by atoms with Gasteiger partial charge in [-0.25, -0.2) is 13.2 Å². The summed E-state index contributed by atoms with van der Waals surface area (Å²) >= 11 is 0. The van der Waals surface area contributed by atoms with E-state index in [0.717, 1.165) is 15.4 Å². The van der Waals surface area contributed by atoms with E-state index in [1.807, 2.05) is 24.3 Å². The highest BCUT2D eigenvalue weighted by molar-refractivity contribution is 7.90. The largest absolute Gasteiger partial charge is 0.497 e. The zero-order chi connectivity index (χ0) is 22.9. The Balaban J connectivity index is 1.52. The van der Waals surface area contributed by atoms with Crippen LogP contribution in [-0.4, -0.2) is 66.8 Å². The topological polar surface area (TPSA) is 93.8 Å². The van der Waals surface area contributed by atoms with Crippen molar-refractivity contribution in [2.75, 3.05) is 43.9 Å². The van der Waals surface area contributed by atoms with E-state index in [4.69, 9.17) is 4.74 Å². The Morgan fingerprint density at radius 2 is 1.59 bits per heavy atom. The molecule has 9 nitrogen and oxygen atoms in total. The standard InChI is InChI=1S/C22H26N4O5S/c1-3-32(29,30)26-20-7-5-4-6-19(20)25(22(26)28)16-21(27)24-14-12-23(13-15-24)17-8-10-18(31-2)11-9-17/h4-11H,3,12-16H2,1-2H3. The number of nitrogens with zero attached hydrogens (tertiary/aromatic N) is 4. The highest BCUT2D eigenvalue weighted by atomic mass is 32.2. The fourth-order valence-electron chi connectivity index (χ4n) is 3.97. The van der Waals surface area contributed by atoms with E-state index < -0.39 is 15.7 Å². The van der Waals surface area contributed by atoms with Gasteiger partial charge in [0.1, 0.15) is 12.3 Å². The fraction of sp³-hybridized carbons (Fsp3) is 0.364. The van der Waals surface area contributed by atoms with Crippen molar-refractivity contribution in [1.82, 2.24) is 13.4 Å². The molecule has 0 saturated carbocycles. The minimum atomic E-state index is -3.80. The number of amides is 1. The van der Waals surface area contributed by atoms with Gasteiger partial charge in [0.05, 0.1) is 23.9 Å². The minimum Gasteiger partial charge on any atom is -0.497 e. The third-order valence-electron chi connectivity index (χ3n) is 5.80. The molecule has 3 aromatic rings. The molecule has 1 fully saturated rings. The van der Waals surface area contributed by atoms with E-state index in [0.29, 0.717) is 31.7 Å². The molecule has 0 aliphatic carbocycles. The summed E-state index contributed by atoms with van der Waals surface area (Å²) in [6.45, 7) is 3.66. The summed E-state index contributed by atoms with van der Waals surface area (Å²) in [5.41, 5.74) is 1.07. The monoisotopic (exact) mass is 458 g/mol. The number of aromatic nitrogens is 2. The number of carbonyl (C=O) groups is 1.